The van der Waals surface area contributed by atoms with E-state index in [2.05, 4.69) is 19.1 Å². The Bertz CT molecular complexity index is 379. The summed E-state index contributed by atoms with van der Waals surface area (Å²) in [5.41, 5.74) is 1.84. The molecule has 1 aromatic rings. The zero-order valence-electron chi connectivity index (χ0n) is 11.1. The molecule has 0 N–H and O–H groups in total. The highest BCUT2D eigenvalue weighted by molar-refractivity contribution is 5.43. The number of rotatable bonds is 4. The molecule has 2 nitrogen and oxygen atoms in total. The predicted molar refractivity (Wildman–Crippen MR) is 69.8 cm³/mol. The zero-order valence-corrected chi connectivity index (χ0v) is 11.1. The van der Waals surface area contributed by atoms with Gasteiger partial charge < -0.3 is 9.47 Å². The van der Waals surface area contributed by atoms with Crippen molar-refractivity contribution in [1.82, 2.24) is 0 Å². The Morgan fingerprint density at radius 2 is 1.71 bits per heavy atom. The number of ether oxygens (including phenoxy) is 2. The van der Waals surface area contributed by atoms with E-state index in [4.69, 9.17) is 9.47 Å². The van der Waals surface area contributed by atoms with Crippen molar-refractivity contribution < 1.29 is 9.47 Å². The summed E-state index contributed by atoms with van der Waals surface area (Å²) in [5, 5.41) is 0. The molecule has 0 bridgehead atoms. The molecule has 0 amide bonds. The number of hydrogen-bond acceptors (Lipinski definition) is 2. The molecule has 0 aliphatic heterocycles. The minimum atomic E-state index is 0.486. The molecule has 2 rings (SSSR count). The standard InChI is InChI=1S/C15H22O2/c1-15(8-4-5-9-15)11-12-6-7-13(16-2)14(10-12)17-3/h6-7,10H,4-5,8-9,11H2,1-3H3. The third kappa shape index (κ3) is 2.74. The summed E-state index contributed by atoms with van der Waals surface area (Å²) in [6.07, 6.45) is 6.60. The van der Waals surface area contributed by atoms with E-state index >= 15 is 0 Å². The molecule has 0 saturated heterocycles. The molecule has 1 aliphatic carbocycles. The second-order valence-corrected chi connectivity index (χ2v) is 5.38. The van der Waals surface area contributed by atoms with Gasteiger partial charge in [-0.25, -0.2) is 0 Å². The molecule has 17 heavy (non-hydrogen) atoms. The van der Waals surface area contributed by atoms with Gasteiger partial charge in [-0.05, 0) is 42.4 Å². The first-order chi connectivity index (χ1) is 8.17. The summed E-state index contributed by atoms with van der Waals surface area (Å²) < 4.78 is 10.6. The van der Waals surface area contributed by atoms with Crippen LogP contribution < -0.4 is 9.47 Å². The van der Waals surface area contributed by atoms with E-state index in [1.807, 2.05) is 6.07 Å². The quantitative estimate of drug-likeness (QED) is 0.788. The fourth-order valence-corrected chi connectivity index (χ4v) is 2.89. The average Bonchev–Trinajstić information content (AvgIpc) is 2.75. The van der Waals surface area contributed by atoms with Gasteiger partial charge >= 0.3 is 0 Å². The van der Waals surface area contributed by atoms with E-state index in [0.29, 0.717) is 5.41 Å². The molecule has 1 fully saturated rings. The summed E-state index contributed by atoms with van der Waals surface area (Å²) in [4.78, 5) is 0. The average molecular weight is 234 g/mol. The van der Waals surface area contributed by atoms with Gasteiger partial charge in [0, 0.05) is 0 Å². The van der Waals surface area contributed by atoms with Crippen LogP contribution in [0.5, 0.6) is 11.5 Å². The number of benzene rings is 1. The fraction of sp³-hybridized carbons (Fsp3) is 0.600. The van der Waals surface area contributed by atoms with Crippen molar-refractivity contribution in [1.29, 1.82) is 0 Å². The largest absolute Gasteiger partial charge is 0.493 e. The van der Waals surface area contributed by atoms with Crippen LogP contribution in [0.25, 0.3) is 0 Å². The maximum Gasteiger partial charge on any atom is 0.160 e. The van der Waals surface area contributed by atoms with E-state index in [-0.39, 0.29) is 0 Å². The summed E-state index contributed by atoms with van der Waals surface area (Å²) in [6.45, 7) is 2.40. The van der Waals surface area contributed by atoms with Crippen LogP contribution in [-0.4, -0.2) is 14.2 Å². The van der Waals surface area contributed by atoms with Crippen molar-refractivity contribution in [3.63, 3.8) is 0 Å². The van der Waals surface area contributed by atoms with Gasteiger partial charge in [-0.3, -0.25) is 0 Å². The first-order valence-electron chi connectivity index (χ1n) is 6.38. The molecule has 0 spiro atoms. The summed E-state index contributed by atoms with van der Waals surface area (Å²) in [6, 6.07) is 6.28. The predicted octanol–water partition coefficient (Wildman–Crippen LogP) is 3.83. The van der Waals surface area contributed by atoms with Crippen molar-refractivity contribution >= 4 is 0 Å². The minimum Gasteiger partial charge on any atom is -0.493 e. The second-order valence-electron chi connectivity index (χ2n) is 5.38. The van der Waals surface area contributed by atoms with E-state index in [1.165, 1.54) is 31.2 Å². The van der Waals surface area contributed by atoms with Crippen LogP contribution in [0.3, 0.4) is 0 Å². The van der Waals surface area contributed by atoms with Crippen molar-refractivity contribution in [2.75, 3.05) is 14.2 Å². The van der Waals surface area contributed by atoms with Crippen LogP contribution in [0, 0.1) is 5.41 Å². The van der Waals surface area contributed by atoms with Crippen LogP contribution in [0.15, 0.2) is 18.2 Å². The van der Waals surface area contributed by atoms with Crippen molar-refractivity contribution in [3.8, 4) is 11.5 Å². The Morgan fingerprint density at radius 3 is 2.29 bits per heavy atom. The van der Waals surface area contributed by atoms with E-state index < -0.39 is 0 Å². The first-order valence-corrected chi connectivity index (χ1v) is 6.38. The van der Waals surface area contributed by atoms with Gasteiger partial charge in [0.2, 0.25) is 0 Å². The normalized spacial score (nSPS) is 18.1. The molecular formula is C15H22O2. The Morgan fingerprint density at radius 1 is 1.06 bits per heavy atom. The van der Waals surface area contributed by atoms with Gasteiger partial charge in [0.1, 0.15) is 0 Å². The highest BCUT2D eigenvalue weighted by atomic mass is 16.5. The van der Waals surface area contributed by atoms with Crippen molar-refractivity contribution in [2.24, 2.45) is 5.41 Å². The minimum absolute atomic E-state index is 0.486. The van der Waals surface area contributed by atoms with E-state index in [1.54, 1.807) is 14.2 Å². The molecule has 0 atom stereocenters. The third-order valence-corrected chi connectivity index (χ3v) is 3.89. The van der Waals surface area contributed by atoms with Crippen LogP contribution in [0.1, 0.15) is 38.2 Å². The number of hydrogen-bond donors (Lipinski definition) is 0. The lowest BCUT2D eigenvalue weighted by molar-refractivity contribution is 0.331. The lowest BCUT2D eigenvalue weighted by atomic mass is 9.82. The second kappa shape index (κ2) is 4.99. The molecule has 2 heteroatoms. The van der Waals surface area contributed by atoms with Crippen LogP contribution in [0.2, 0.25) is 0 Å². The van der Waals surface area contributed by atoms with Gasteiger partial charge in [-0.1, -0.05) is 25.8 Å². The summed E-state index contributed by atoms with van der Waals surface area (Å²) in [7, 11) is 3.37. The molecule has 1 aliphatic rings. The SMILES string of the molecule is COc1ccc(CC2(C)CCCC2)cc1OC. The van der Waals surface area contributed by atoms with E-state index in [9.17, 15) is 0 Å². The third-order valence-electron chi connectivity index (χ3n) is 3.89. The molecule has 1 aromatic carbocycles. The number of methoxy groups -OCH3 is 2. The highest BCUT2D eigenvalue weighted by Gasteiger charge is 2.28. The molecule has 0 unspecified atom stereocenters. The highest BCUT2D eigenvalue weighted by Crippen LogP contribution is 2.41. The monoisotopic (exact) mass is 234 g/mol. The Hall–Kier alpha value is -1.18. The lowest BCUT2D eigenvalue weighted by Gasteiger charge is -2.23. The molecular weight excluding hydrogens is 212 g/mol. The van der Waals surface area contributed by atoms with Gasteiger partial charge in [0.25, 0.3) is 0 Å². The topological polar surface area (TPSA) is 18.5 Å². The maximum absolute atomic E-state index is 5.35. The van der Waals surface area contributed by atoms with Crippen molar-refractivity contribution in [2.45, 2.75) is 39.0 Å². The summed E-state index contributed by atoms with van der Waals surface area (Å²) in [5.74, 6) is 1.65. The maximum atomic E-state index is 5.35. The van der Waals surface area contributed by atoms with Gasteiger partial charge in [-0.2, -0.15) is 0 Å². The molecule has 1 saturated carbocycles. The smallest absolute Gasteiger partial charge is 0.160 e. The van der Waals surface area contributed by atoms with E-state index in [0.717, 1.165) is 17.9 Å². The molecule has 0 aromatic heterocycles. The molecule has 94 valence electrons. The van der Waals surface area contributed by atoms with Crippen molar-refractivity contribution in [3.05, 3.63) is 23.8 Å². The van der Waals surface area contributed by atoms with Crippen LogP contribution >= 0.6 is 0 Å². The van der Waals surface area contributed by atoms with Gasteiger partial charge in [0.05, 0.1) is 14.2 Å². The van der Waals surface area contributed by atoms with Gasteiger partial charge in [-0.15, -0.1) is 0 Å². The lowest BCUT2D eigenvalue weighted by Crippen LogP contribution is -2.14. The zero-order chi connectivity index (χ0) is 12.3. The fourth-order valence-electron chi connectivity index (χ4n) is 2.89. The Balaban J connectivity index is 2.16. The Kier molecular flexibility index (Phi) is 3.60. The molecule has 0 radical (unpaired) electrons. The van der Waals surface area contributed by atoms with Crippen LogP contribution in [-0.2, 0) is 6.42 Å². The van der Waals surface area contributed by atoms with Gasteiger partial charge in [0.15, 0.2) is 11.5 Å². The summed E-state index contributed by atoms with van der Waals surface area (Å²) >= 11 is 0. The first kappa shape index (κ1) is 12.3. The Labute approximate surface area is 104 Å². The molecule has 0 heterocycles. The van der Waals surface area contributed by atoms with Crippen LogP contribution in [0.4, 0.5) is 0 Å².